The van der Waals surface area contributed by atoms with Crippen LogP contribution in [0.1, 0.15) is 18.1 Å². The molecule has 0 radical (unpaired) electrons. The summed E-state index contributed by atoms with van der Waals surface area (Å²) < 4.78 is 5.49. The second-order valence-electron chi connectivity index (χ2n) is 6.60. The monoisotopic (exact) mass is 353 g/mol. The van der Waals surface area contributed by atoms with Crippen LogP contribution >= 0.6 is 0 Å². The number of piperazine rings is 1. The van der Waals surface area contributed by atoms with Crippen LogP contribution in [0.4, 0.5) is 16.2 Å². The first kappa shape index (κ1) is 18.1. The predicted molar refractivity (Wildman–Crippen MR) is 106 cm³/mol. The number of aryl methyl sites for hydroxylation is 2. The third-order valence-corrected chi connectivity index (χ3v) is 4.79. The molecule has 26 heavy (non-hydrogen) atoms. The summed E-state index contributed by atoms with van der Waals surface area (Å²) in [5.41, 5.74) is 4.27. The molecule has 1 aliphatic heterocycles. The summed E-state index contributed by atoms with van der Waals surface area (Å²) in [4.78, 5) is 16.8. The topological polar surface area (TPSA) is 44.8 Å². The number of benzene rings is 2. The molecule has 0 unspecified atom stereocenters. The van der Waals surface area contributed by atoms with Gasteiger partial charge in [-0.15, -0.1) is 0 Å². The van der Waals surface area contributed by atoms with Crippen molar-refractivity contribution in [3.63, 3.8) is 0 Å². The van der Waals surface area contributed by atoms with E-state index in [0.29, 0.717) is 19.7 Å². The molecule has 5 nitrogen and oxygen atoms in total. The molecule has 0 spiro atoms. The van der Waals surface area contributed by atoms with E-state index in [2.05, 4.69) is 22.3 Å². The molecule has 0 aliphatic carbocycles. The fraction of sp³-hybridized carbons (Fsp3) is 0.381. The number of ether oxygens (including phenoxy) is 1. The summed E-state index contributed by atoms with van der Waals surface area (Å²) in [7, 11) is 0. The van der Waals surface area contributed by atoms with Gasteiger partial charge in [0.25, 0.3) is 0 Å². The number of amides is 2. The summed E-state index contributed by atoms with van der Waals surface area (Å²) in [6.45, 7) is 9.78. The first-order valence-corrected chi connectivity index (χ1v) is 9.18. The lowest BCUT2D eigenvalue weighted by atomic mass is 10.1. The van der Waals surface area contributed by atoms with Gasteiger partial charge in [-0.3, -0.25) is 0 Å². The maximum absolute atomic E-state index is 12.6. The minimum Gasteiger partial charge on any atom is -0.494 e. The number of carbonyl (C=O) groups excluding carboxylic acids is 1. The molecule has 2 aromatic rings. The average molecular weight is 353 g/mol. The predicted octanol–water partition coefficient (Wildman–Crippen LogP) is 4.06. The highest BCUT2D eigenvalue weighted by Crippen LogP contribution is 2.22. The number of rotatable bonds is 4. The van der Waals surface area contributed by atoms with Gasteiger partial charge in [-0.25, -0.2) is 4.79 Å². The van der Waals surface area contributed by atoms with Crippen LogP contribution in [0.3, 0.4) is 0 Å². The van der Waals surface area contributed by atoms with Crippen molar-refractivity contribution in [2.24, 2.45) is 0 Å². The maximum Gasteiger partial charge on any atom is 0.321 e. The Balaban J connectivity index is 1.57. The van der Waals surface area contributed by atoms with Gasteiger partial charge in [-0.1, -0.05) is 18.2 Å². The summed E-state index contributed by atoms with van der Waals surface area (Å²) in [6, 6.07) is 14.2. The number of para-hydroxylation sites is 1. The van der Waals surface area contributed by atoms with Crippen molar-refractivity contribution in [1.82, 2.24) is 4.90 Å². The van der Waals surface area contributed by atoms with Crippen LogP contribution in [-0.2, 0) is 0 Å². The summed E-state index contributed by atoms with van der Waals surface area (Å²) in [5, 5.41) is 3.08. The van der Waals surface area contributed by atoms with Gasteiger partial charge in [0.15, 0.2) is 0 Å². The largest absolute Gasteiger partial charge is 0.494 e. The van der Waals surface area contributed by atoms with E-state index in [1.165, 1.54) is 5.69 Å². The molecule has 1 saturated heterocycles. The normalized spacial score (nSPS) is 14.3. The summed E-state index contributed by atoms with van der Waals surface area (Å²) >= 11 is 0. The number of carbonyl (C=O) groups is 1. The Hall–Kier alpha value is -2.69. The van der Waals surface area contributed by atoms with Crippen LogP contribution in [0, 0.1) is 13.8 Å². The fourth-order valence-electron chi connectivity index (χ4n) is 3.29. The summed E-state index contributed by atoms with van der Waals surface area (Å²) in [5.74, 6) is 0.892. The number of nitrogens with zero attached hydrogens (tertiary/aromatic N) is 2. The van der Waals surface area contributed by atoms with Gasteiger partial charge in [-0.05, 0) is 56.2 Å². The van der Waals surface area contributed by atoms with Gasteiger partial charge >= 0.3 is 6.03 Å². The summed E-state index contributed by atoms with van der Waals surface area (Å²) in [6.07, 6.45) is 0. The van der Waals surface area contributed by atoms with Gasteiger partial charge in [0.05, 0.1) is 6.61 Å². The zero-order chi connectivity index (χ0) is 18.5. The van der Waals surface area contributed by atoms with Crippen LogP contribution in [0.15, 0.2) is 42.5 Å². The molecule has 0 atom stereocenters. The van der Waals surface area contributed by atoms with Crippen molar-refractivity contribution < 1.29 is 9.53 Å². The van der Waals surface area contributed by atoms with E-state index < -0.39 is 0 Å². The minimum atomic E-state index is -0.0197. The van der Waals surface area contributed by atoms with Crippen LogP contribution in [0.5, 0.6) is 5.75 Å². The number of hydrogen-bond donors (Lipinski definition) is 1. The van der Waals surface area contributed by atoms with E-state index in [1.807, 2.05) is 56.0 Å². The third kappa shape index (κ3) is 4.10. The van der Waals surface area contributed by atoms with Crippen LogP contribution < -0.4 is 15.0 Å². The molecule has 0 saturated carbocycles. The Morgan fingerprint density at radius 3 is 2.19 bits per heavy atom. The standard InChI is InChI=1S/C21H27N3O2/c1-4-26-19-10-8-18(9-11-19)23-12-14-24(15-13-23)21(25)22-20-16(2)6-5-7-17(20)3/h5-11H,4,12-15H2,1-3H3,(H,22,25). The lowest BCUT2D eigenvalue weighted by Crippen LogP contribution is -2.50. The molecule has 138 valence electrons. The Morgan fingerprint density at radius 1 is 1.00 bits per heavy atom. The number of hydrogen-bond acceptors (Lipinski definition) is 3. The van der Waals surface area contributed by atoms with Gasteiger partial charge in [-0.2, -0.15) is 0 Å². The molecule has 0 aromatic heterocycles. The molecule has 2 amide bonds. The van der Waals surface area contributed by atoms with Crippen molar-refractivity contribution in [3.05, 3.63) is 53.6 Å². The molecular weight excluding hydrogens is 326 g/mol. The van der Waals surface area contributed by atoms with Crippen LogP contribution in [-0.4, -0.2) is 43.7 Å². The first-order chi connectivity index (χ1) is 12.6. The molecular formula is C21H27N3O2. The number of anilines is 2. The number of nitrogens with one attached hydrogen (secondary N) is 1. The quantitative estimate of drug-likeness (QED) is 0.902. The van der Waals surface area contributed by atoms with E-state index in [4.69, 9.17) is 4.74 Å². The second-order valence-corrected chi connectivity index (χ2v) is 6.60. The smallest absolute Gasteiger partial charge is 0.321 e. The Kier molecular flexibility index (Phi) is 5.66. The molecule has 1 aliphatic rings. The third-order valence-electron chi connectivity index (χ3n) is 4.79. The van der Waals surface area contributed by atoms with E-state index in [-0.39, 0.29) is 6.03 Å². The van der Waals surface area contributed by atoms with Gasteiger partial charge in [0, 0.05) is 37.6 Å². The van der Waals surface area contributed by atoms with E-state index in [9.17, 15) is 4.79 Å². The van der Waals surface area contributed by atoms with E-state index in [1.54, 1.807) is 0 Å². The lowest BCUT2D eigenvalue weighted by molar-refractivity contribution is 0.208. The Labute approximate surface area is 155 Å². The SMILES string of the molecule is CCOc1ccc(N2CCN(C(=O)Nc3c(C)cccc3C)CC2)cc1. The molecule has 3 rings (SSSR count). The van der Waals surface area contributed by atoms with Crippen molar-refractivity contribution in [2.75, 3.05) is 43.0 Å². The molecule has 1 heterocycles. The zero-order valence-electron chi connectivity index (χ0n) is 15.8. The lowest BCUT2D eigenvalue weighted by Gasteiger charge is -2.36. The van der Waals surface area contributed by atoms with E-state index in [0.717, 1.165) is 35.7 Å². The van der Waals surface area contributed by atoms with Crippen LogP contribution in [0.25, 0.3) is 0 Å². The van der Waals surface area contributed by atoms with Crippen molar-refractivity contribution in [1.29, 1.82) is 0 Å². The van der Waals surface area contributed by atoms with Crippen molar-refractivity contribution in [3.8, 4) is 5.75 Å². The maximum atomic E-state index is 12.6. The molecule has 5 heteroatoms. The average Bonchev–Trinajstić information content (AvgIpc) is 2.66. The van der Waals surface area contributed by atoms with E-state index >= 15 is 0 Å². The Morgan fingerprint density at radius 2 is 1.62 bits per heavy atom. The second kappa shape index (κ2) is 8.13. The van der Waals surface area contributed by atoms with Crippen LogP contribution in [0.2, 0.25) is 0 Å². The molecule has 1 fully saturated rings. The molecule has 0 bridgehead atoms. The minimum absolute atomic E-state index is 0.0197. The fourth-order valence-corrected chi connectivity index (χ4v) is 3.29. The highest BCUT2D eigenvalue weighted by atomic mass is 16.5. The van der Waals surface area contributed by atoms with Gasteiger partial charge in [0.1, 0.15) is 5.75 Å². The highest BCUT2D eigenvalue weighted by molar-refractivity contribution is 5.91. The highest BCUT2D eigenvalue weighted by Gasteiger charge is 2.22. The van der Waals surface area contributed by atoms with Crippen molar-refractivity contribution in [2.45, 2.75) is 20.8 Å². The zero-order valence-corrected chi connectivity index (χ0v) is 15.8. The Bertz CT molecular complexity index is 730. The van der Waals surface area contributed by atoms with Gasteiger partial charge in [0.2, 0.25) is 0 Å². The van der Waals surface area contributed by atoms with Crippen molar-refractivity contribution >= 4 is 17.4 Å². The van der Waals surface area contributed by atoms with Gasteiger partial charge < -0.3 is 19.9 Å². The number of urea groups is 1. The molecule has 2 aromatic carbocycles. The first-order valence-electron chi connectivity index (χ1n) is 9.18. The molecule has 1 N–H and O–H groups in total.